The standard InChI is InChI=1S/C14H13N3O5/c18-14-11(9-15-8-10-4-2-1-3-5-10)6-12(16(19)20)7-13(14)17(21)22/h1-7,15,18H,8-9H2. The van der Waals surface area contributed by atoms with E-state index in [9.17, 15) is 25.3 Å². The topological polar surface area (TPSA) is 119 Å². The van der Waals surface area contributed by atoms with Gasteiger partial charge < -0.3 is 10.4 Å². The van der Waals surface area contributed by atoms with Crippen LogP contribution in [0.3, 0.4) is 0 Å². The highest BCUT2D eigenvalue weighted by atomic mass is 16.6. The molecule has 114 valence electrons. The largest absolute Gasteiger partial charge is 0.502 e. The Labute approximate surface area is 125 Å². The molecule has 0 aliphatic heterocycles. The van der Waals surface area contributed by atoms with Gasteiger partial charge in [-0.05, 0) is 5.56 Å². The molecule has 2 aromatic carbocycles. The van der Waals surface area contributed by atoms with Gasteiger partial charge in [-0.3, -0.25) is 20.2 Å². The minimum absolute atomic E-state index is 0.0727. The van der Waals surface area contributed by atoms with Crippen molar-refractivity contribution >= 4 is 11.4 Å². The van der Waals surface area contributed by atoms with E-state index in [-0.39, 0.29) is 12.1 Å². The Morgan fingerprint density at radius 2 is 1.68 bits per heavy atom. The molecule has 8 nitrogen and oxygen atoms in total. The van der Waals surface area contributed by atoms with Crippen molar-refractivity contribution in [3.8, 4) is 5.75 Å². The van der Waals surface area contributed by atoms with Gasteiger partial charge in [-0.1, -0.05) is 30.3 Å². The quantitative estimate of drug-likeness (QED) is 0.625. The van der Waals surface area contributed by atoms with Crippen LogP contribution in [0.5, 0.6) is 5.75 Å². The van der Waals surface area contributed by atoms with Crippen LogP contribution in [0.1, 0.15) is 11.1 Å². The number of hydrogen-bond acceptors (Lipinski definition) is 6. The highest BCUT2D eigenvalue weighted by molar-refractivity contribution is 5.57. The van der Waals surface area contributed by atoms with E-state index >= 15 is 0 Å². The van der Waals surface area contributed by atoms with Crippen LogP contribution < -0.4 is 5.32 Å². The molecule has 0 fully saturated rings. The lowest BCUT2D eigenvalue weighted by Crippen LogP contribution is -2.13. The monoisotopic (exact) mass is 303 g/mol. The van der Waals surface area contributed by atoms with Gasteiger partial charge in [0.2, 0.25) is 0 Å². The van der Waals surface area contributed by atoms with Crippen molar-refractivity contribution in [3.05, 3.63) is 73.8 Å². The first kappa shape index (κ1) is 15.4. The summed E-state index contributed by atoms with van der Waals surface area (Å²) in [5.41, 5.74) is -0.00882. The molecule has 0 aromatic heterocycles. The van der Waals surface area contributed by atoms with E-state index < -0.39 is 27.0 Å². The van der Waals surface area contributed by atoms with Crippen molar-refractivity contribution in [3.63, 3.8) is 0 Å². The number of aromatic hydroxyl groups is 1. The third-order valence-electron chi connectivity index (χ3n) is 3.05. The number of hydrogen-bond donors (Lipinski definition) is 2. The number of phenolic OH excluding ortho intramolecular Hbond substituents is 1. The second kappa shape index (κ2) is 6.64. The lowest BCUT2D eigenvalue weighted by molar-refractivity contribution is -0.394. The Bertz CT molecular complexity index is 703. The van der Waals surface area contributed by atoms with E-state index in [1.807, 2.05) is 30.3 Å². The first-order valence-corrected chi connectivity index (χ1v) is 6.38. The van der Waals surface area contributed by atoms with Gasteiger partial charge >= 0.3 is 5.69 Å². The molecule has 22 heavy (non-hydrogen) atoms. The number of benzene rings is 2. The number of nitrogens with one attached hydrogen (secondary N) is 1. The summed E-state index contributed by atoms with van der Waals surface area (Å²) in [6.45, 7) is 0.542. The molecule has 0 amide bonds. The number of nitro benzene ring substituents is 2. The molecule has 2 aromatic rings. The third kappa shape index (κ3) is 3.55. The minimum atomic E-state index is -0.844. The normalized spacial score (nSPS) is 10.4. The molecule has 8 heteroatoms. The van der Waals surface area contributed by atoms with Crippen LogP contribution in [0.25, 0.3) is 0 Å². The fourth-order valence-electron chi connectivity index (χ4n) is 1.98. The molecular formula is C14H13N3O5. The summed E-state index contributed by atoms with van der Waals surface area (Å²) < 4.78 is 0. The zero-order valence-corrected chi connectivity index (χ0v) is 11.4. The fourth-order valence-corrected chi connectivity index (χ4v) is 1.98. The van der Waals surface area contributed by atoms with Gasteiger partial charge in [-0.15, -0.1) is 0 Å². The Balaban J connectivity index is 2.19. The highest BCUT2D eigenvalue weighted by Crippen LogP contribution is 2.34. The molecule has 0 atom stereocenters. The second-order valence-corrected chi connectivity index (χ2v) is 4.58. The van der Waals surface area contributed by atoms with Crippen LogP contribution in [0.2, 0.25) is 0 Å². The Kier molecular flexibility index (Phi) is 4.64. The Hall–Kier alpha value is -3.00. The Morgan fingerprint density at radius 1 is 1.00 bits per heavy atom. The van der Waals surface area contributed by atoms with Gasteiger partial charge in [-0.25, -0.2) is 0 Å². The highest BCUT2D eigenvalue weighted by Gasteiger charge is 2.23. The van der Waals surface area contributed by atoms with Crippen molar-refractivity contribution < 1.29 is 15.0 Å². The maximum atomic E-state index is 10.8. The molecule has 0 saturated heterocycles. The van der Waals surface area contributed by atoms with Crippen LogP contribution >= 0.6 is 0 Å². The molecular weight excluding hydrogens is 290 g/mol. The maximum absolute atomic E-state index is 10.8. The summed E-state index contributed by atoms with van der Waals surface area (Å²) in [5.74, 6) is -0.559. The summed E-state index contributed by atoms with van der Waals surface area (Å²) in [6, 6.07) is 11.3. The van der Waals surface area contributed by atoms with Crippen molar-refractivity contribution in [1.82, 2.24) is 5.32 Å². The van der Waals surface area contributed by atoms with Gasteiger partial charge in [0.05, 0.1) is 15.9 Å². The van der Waals surface area contributed by atoms with E-state index in [1.54, 1.807) is 0 Å². The van der Waals surface area contributed by atoms with E-state index in [1.165, 1.54) is 0 Å². The van der Waals surface area contributed by atoms with Crippen molar-refractivity contribution in [2.24, 2.45) is 0 Å². The number of rotatable bonds is 6. The summed E-state index contributed by atoms with van der Waals surface area (Å²) in [7, 11) is 0. The maximum Gasteiger partial charge on any atom is 0.317 e. The van der Waals surface area contributed by atoms with Gasteiger partial charge in [0.1, 0.15) is 0 Å². The molecule has 0 spiro atoms. The summed E-state index contributed by atoms with van der Waals surface area (Å²) in [6.07, 6.45) is 0. The zero-order chi connectivity index (χ0) is 16.1. The summed E-state index contributed by atoms with van der Waals surface area (Å²) in [5, 5.41) is 34.5. The fraction of sp³-hybridized carbons (Fsp3) is 0.143. The molecule has 0 radical (unpaired) electrons. The third-order valence-corrected chi connectivity index (χ3v) is 3.05. The lowest BCUT2D eigenvalue weighted by atomic mass is 10.1. The lowest BCUT2D eigenvalue weighted by Gasteiger charge is -2.07. The van der Waals surface area contributed by atoms with Gasteiger partial charge in [0, 0.05) is 24.7 Å². The first-order chi connectivity index (χ1) is 10.5. The minimum Gasteiger partial charge on any atom is -0.502 e. The number of non-ortho nitro benzene ring substituents is 1. The zero-order valence-electron chi connectivity index (χ0n) is 11.4. The number of nitro groups is 2. The second-order valence-electron chi connectivity index (χ2n) is 4.58. The molecule has 0 aliphatic rings. The van der Waals surface area contributed by atoms with E-state index in [4.69, 9.17) is 0 Å². The molecule has 2 N–H and O–H groups in total. The molecule has 0 aliphatic carbocycles. The smallest absolute Gasteiger partial charge is 0.317 e. The van der Waals surface area contributed by atoms with Gasteiger partial charge in [-0.2, -0.15) is 0 Å². The van der Waals surface area contributed by atoms with Crippen molar-refractivity contribution in [2.75, 3.05) is 0 Å². The van der Waals surface area contributed by atoms with Crippen LogP contribution in [-0.4, -0.2) is 15.0 Å². The molecule has 0 bridgehead atoms. The van der Waals surface area contributed by atoms with Crippen LogP contribution in [0, 0.1) is 20.2 Å². The average Bonchev–Trinajstić information content (AvgIpc) is 2.49. The van der Waals surface area contributed by atoms with Gasteiger partial charge in [0.15, 0.2) is 5.75 Å². The van der Waals surface area contributed by atoms with Crippen LogP contribution in [0.4, 0.5) is 11.4 Å². The molecule has 0 unspecified atom stereocenters. The van der Waals surface area contributed by atoms with Crippen molar-refractivity contribution in [1.29, 1.82) is 0 Å². The molecule has 2 rings (SSSR count). The van der Waals surface area contributed by atoms with Crippen LogP contribution in [-0.2, 0) is 13.1 Å². The van der Waals surface area contributed by atoms with E-state index in [0.29, 0.717) is 6.54 Å². The van der Waals surface area contributed by atoms with Crippen LogP contribution in [0.15, 0.2) is 42.5 Å². The first-order valence-electron chi connectivity index (χ1n) is 6.38. The van der Waals surface area contributed by atoms with E-state index in [0.717, 1.165) is 17.7 Å². The molecule has 0 heterocycles. The average molecular weight is 303 g/mol. The summed E-state index contributed by atoms with van der Waals surface area (Å²) in [4.78, 5) is 20.1. The SMILES string of the molecule is O=[N+]([O-])c1cc(CNCc2ccccc2)c(O)c([N+](=O)[O-])c1. The number of phenols is 1. The van der Waals surface area contributed by atoms with Crippen molar-refractivity contribution in [2.45, 2.75) is 13.1 Å². The van der Waals surface area contributed by atoms with E-state index in [2.05, 4.69) is 5.32 Å². The molecule has 0 saturated carbocycles. The summed E-state index contributed by atoms with van der Waals surface area (Å²) >= 11 is 0. The predicted octanol–water partition coefficient (Wildman–Crippen LogP) is 2.50. The number of nitrogens with zero attached hydrogens (tertiary/aromatic N) is 2. The predicted molar refractivity (Wildman–Crippen MR) is 78.4 cm³/mol. The Morgan fingerprint density at radius 3 is 2.27 bits per heavy atom. The van der Waals surface area contributed by atoms with Gasteiger partial charge in [0.25, 0.3) is 5.69 Å².